The smallest absolute Gasteiger partial charge is 0.154 e. The average molecular weight is 287 g/mol. The van der Waals surface area contributed by atoms with Crippen molar-refractivity contribution < 1.29 is 13.2 Å². The third-order valence-corrected chi connectivity index (χ3v) is 5.56. The summed E-state index contributed by atoms with van der Waals surface area (Å²) in [5.41, 5.74) is -0.328. The molecule has 0 aromatic carbocycles. The van der Waals surface area contributed by atoms with Gasteiger partial charge in [-0.15, -0.1) is 0 Å². The van der Waals surface area contributed by atoms with Crippen molar-refractivity contribution in [2.24, 2.45) is 0 Å². The molecule has 4 nitrogen and oxygen atoms in total. The summed E-state index contributed by atoms with van der Waals surface area (Å²) < 4.78 is 22.5. The Morgan fingerprint density at radius 3 is 2.16 bits per heavy atom. The van der Waals surface area contributed by atoms with Crippen molar-refractivity contribution in [1.82, 2.24) is 4.90 Å². The molecule has 0 aromatic rings. The number of ketones is 1. The molecule has 1 aliphatic carbocycles. The Kier molecular flexibility index (Phi) is 4.66. The van der Waals surface area contributed by atoms with Gasteiger partial charge in [0.15, 0.2) is 5.78 Å². The molecule has 1 aliphatic heterocycles. The SMILES string of the molecule is CS(=O)(=O)CCC(=O)C1(N2CCCCC2)CCCC1. The summed E-state index contributed by atoms with van der Waals surface area (Å²) in [6, 6.07) is 0. The Morgan fingerprint density at radius 2 is 1.63 bits per heavy atom. The number of likely N-dealkylation sites (tertiary alicyclic amines) is 1. The standard InChI is InChI=1S/C14H25NO3S/c1-19(17,18)12-7-13(16)14(8-3-4-9-14)15-10-5-2-6-11-15/h2-12H2,1H3. The van der Waals surface area contributed by atoms with E-state index in [-0.39, 0.29) is 23.5 Å². The zero-order valence-electron chi connectivity index (χ0n) is 11.9. The van der Waals surface area contributed by atoms with E-state index in [0.29, 0.717) is 0 Å². The summed E-state index contributed by atoms with van der Waals surface area (Å²) >= 11 is 0. The van der Waals surface area contributed by atoms with Crippen LogP contribution in [0.1, 0.15) is 51.4 Å². The highest BCUT2D eigenvalue weighted by atomic mass is 32.2. The van der Waals surface area contributed by atoms with Gasteiger partial charge in [-0.1, -0.05) is 19.3 Å². The van der Waals surface area contributed by atoms with Gasteiger partial charge in [0.25, 0.3) is 0 Å². The lowest BCUT2D eigenvalue weighted by molar-refractivity contribution is -0.131. The Balaban J connectivity index is 2.07. The van der Waals surface area contributed by atoms with Crippen LogP contribution >= 0.6 is 0 Å². The number of carbonyl (C=O) groups is 1. The van der Waals surface area contributed by atoms with Gasteiger partial charge in [-0.05, 0) is 38.8 Å². The molecule has 0 spiro atoms. The summed E-state index contributed by atoms with van der Waals surface area (Å²) in [4.78, 5) is 15.0. The monoisotopic (exact) mass is 287 g/mol. The summed E-state index contributed by atoms with van der Waals surface area (Å²) in [5.74, 6) is 0.166. The van der Waals surface area contributed by atoms with Crippen LogP contribution < -0.4 is 0 Å². The van der Waals surface area contributed by atoms with Gasteiger partial charge in [-0.25, -0.2) is 8.42 Å². The fraction of sp³-hybridized carbons (Fsp3) is 0.929. The normalized spacial score (nSPS) is 24.5. The first-order chi connectivity index (χ1) is 8.94. The van der Waals surface area contributed by atoms with Crippen molar-refractivity contribution in [3.63, 3.8) is 0 Å². The van der Waals surface area contributed by atoms with E-state index in [0.717, 1.165) is 38.8 Å². The minimum atomic E-state index is -3.05. The average Bonchev–Trinajstić information content (AvgIpc) is 2.87. The first kappa shape index (κ1) is 15.0. The Morgan fingerprint density at radius 1 is 1.05 bits per heavy atom. The van der Waals surface area contributed by atoms with E-state index in [4.69, 9.17) is 0 Å². The number of Topliss-reactive ketones (excluding diaryl/α,β-unsaturated/α-hetero) is 1. The lowest BCUT2D eigenvalue weighted by atomic mass is 9.86. The van der Waals surface area contributed by atoms with Crippen LogP contribution in [0.25, 0.3) is 0 Å². The van der Waals surface area contributed by atoms with Gasteiger partial charge in [-0.2, -0.15) is 0 Å². The molecular formula is C14H25NO3S. The Hall–Kier alpha value is -0.420. The number of sulfone groups is 1. The Bertz CT molecular complexity index is 418. The van der Waals surface area contributed by atoms with Crippen LogP contribution in [-0.4, -0.2) is 49.7 Å². The van der Waals surface area contributed by atoms with Gasteiger partial charge in [0.1, 0.15) is 9.84 Å². The van der Waals surface area contributed by atoms with Gasteiger partial charge in [0.05, 0.1) is 11.3 Å². The highest BCUT2D eigenvalue weighted by Crippen LogP contribution is 2.38. The number of hydrogen-bond acceptors (Lipinski definition) is 4. The van der Waals surface area contributed by atoms with E-state index in [2.05, 4.69) is 4.90 Å². The molecule has 2 fully saturated rings. The van der Waals surface area contributed by atoms with Crippen molar-refractivity contribution in [3.05, 3.63) is 0 Å². The van der Waals surface area contributed by atoms with Crippen molar-refractivity contribution in [2.45, 2.75) is 56.9 Å². The van der Waals surface area contributed by atoms with Crippen LogP contribution in [-0.2, 0) is 14.6 Å². The van der Waals surface area contributed by atoms with Gasteiger partial charge in [-0.3, -0.25) is 9.69 Å². The maximum Gasteiger partial charge on any atom is 0.154 e. The quantitative estimate of drug-likeness (QED) is 0.773. The molecule has 110 valence electrons. The van der Waals surface area contributed by atoms with Crippen molar-refractivity contribution in [2.75, 3.05) is 25.1 Å². The van der Waals surface area contributed by atoms with E-state index in [9.17, 15) is 13.2 Å². The third kappa shape index (κ3) is 3.57. The molecular weight excluding hydrogens is 262 g/mol. The molecule has 1 heterocycles. The fourth-order valence-electron chi connectivity index (χ4n) is 3.56. The highest BCUT2D eigenvalue weighted by molar-refractivity contribution is 7.90. The second-order valence-electron chi connectivity index (χ2n) is 6.09. The topological polar surface area (TPSA) is 54.5 Å². The third-order valence-electron chi connectivity index (χ3n) is 4.61. The second kappa shape index (κ2) is 5.92. The number of rotatable bonds is 5. The zero-order valence-corrected chi connectivity index (χ0v) is 12.7. The molecule has 1 saturated heterocycles. The lowest BCUT2D eigenvalue weighted by Crippen LogP contribution is -2.54. The van der Waals surface area contributed by atoms with E-state index in [1.165, 1.54) is 25.5 Å². The second-order valence-corrected chi connectivity index (χ2v) is 8.35. The largest absolute Gasteiger partial charge is 0.298 e. The summed E-state index contributed by atoms with van der Waals surface area (Å²) in [5, 5.41) is 0. The van der Waals surface area contributed by atoms with Gasteiger partial charge in [0, 0.05) is 12.7 Å². The minimum Gasteiger partial charge on any atom is -0.298 e. The maximum absolute atomic E-state index is 12.6. The van der Waals surface area contributed by atoms with Gasteiger partial charge >= 0.3 is 0 Å². The van der Waals surface area contributed by atoms with Crippen LogP contribution in [0.15, 0.2) is 0 Å². The number of nitrogens with zero attached hydrogens (tertiary/aromatic N) is 1. The molecule has 0 aromatic heterocycles. The fourth-order valence-corrected chi connectivity index (χ4v) is 4.12. The summed E-state index contributed by atoms with van der Waals surface area (Å²) in [6.07, 6.45) is 9.04. The molecule has 2 aliphatic rings. The first-order valence-electron chi connectivity index (χ1n) is 7.40. The molecule has 2 rings (SSSR count). The van der Waals surface area contributed by atoms with E-state index in [1.807, 2.05) is 0 Å². The van der Waals surface area contributed by atoms with Crippen LogP contribution in [0.5, 0.6) is 0 Å². The molecule has 0 atom stereocenters. The van der Waals surface area contributed by atoms with E-state index in [1.54, 1.807) is 0 Å². The van der Waals surface area contributed by atoms with Crippen LogP contribution in [0.3, 0.4) is 0 Å². The molecule has 19 heavy (non-hydrogen) atoms. The van der Waals surface area contributed by atoms with E-state index < -0.39 is 9.84 Å². The number of piperidine rings is 1. The van der Waals surface area contributed by atoms with Crippen LogP contribution in [0.2, 0.25) is 0 Å². The molecule has 0 N–H and O–H groups in total. The molecule has 0 radical (unpaired) electrons. The molecule has 0 amide bonds. The van der Waals surface area contributed by atoms with Crippen molar-refractivity contribution in [1.29, 1.82) is 0 Å². The van der Waals surface area contributed by atoms with Gasteiger partial charge in [0.2, 0.25) is 0 Å². The van der Waals surface area contributed by atoms with E-state index >= 15 is 0 Å². The van der Waals surface area contributed by atoms with Crippen molar-refractivity contribution in [3.8, 4) is 0 Å². The predicted octanol–water partition coefficient (Wildman–Crippen LogP) is 1.79. The summed E-state index contributed by atoms with van der Waals surface area (Å²) in [7, 11) is -3.05. The zero-order chi connectivity index (χ0) is 13.9. The first-order valence-corrected chi connectivity index (χ1v) is 9.46. The predicted molar refractivity (Wildman–Crippen MR) is 76.0 cm³/mol. The van der Waals surface area contributed by atoms with Crippen molar-refractivity contribution >= 4 is 15.6 Å². The minimum absolute atomic E-state index is 0.00141. The van der Waals surface area contributed by atoms with Crippen LogP contribution in [0.4, 0.5) is 0 Å². The summed E-state index contributed by atoms with van der Waals surface area (Å²) in [6.45, 7) is 2.01. The number of hydrogen-bond donors (Lipinski definition) is 0. The maximum atomic E-state index is 12.6. The van der Waals surface area contributed by atoms with Gasteiger partial charge < -0.3 is 0 Å². The molecule has 0 bridgehead atoms. The number of carbonyl (C=O) groups excluding carboxylic acids is 1. The lowest BCUT2D eigenvalue weighted by Gasteiger charge is -2.42. The Labute approximate surface area is 116 Å². The van der Waals surface area contributed by atoms with Crippen LogP contribution in [0, 0.1) is 0 Å². The molecule has 5 heteroatoms. The molecule has 1 saturated carbocycles. The highest BCUT2D eigenvalue weighted by Gasteiger charge is 2.45. The molecule has 0 unspecified atom stereocenters.